The van der Waals surface area contributed by atoms with E-state index in [0.29, 0.717) is 5.69 Å². The van der Waals surface area contributed by atoms with Crippen LogP contribution >= 0.6 is 0 Å². The van der Waals surface area contributed by atoms with Crippen LogP contribution in [0.25, 0.3) is 5.69 Å². The van der Waals surface area contributed by atoms with Crippen LogP contribution in [0.4, 0.5) is 15.8 Å². The maximum Gasteiger partial charge on any atom is 0.276 e. The maximum absolute atomic E-state index is 13.3. The maximum atomic E-state index is 13.3. The van der Waals surface area contributed by atoms with Gasteiger partial charge in [-0.25, -0.2) is 9.07 Å². The Morgan fingerprint density at radius 2 is 2.00 bits per heavy atom. The van der Waals surface area contributed by atoms with E-state index in [1.165, 1.54) is 12.1 Å². The second kappa shape index (κ2) is 7.46. The van der Waals surface area contributed by atoms with Gasteiger partial charge in [-0.1, -0.05) is 6.07 Å². The summed E-state index contributed by atoms with van der Waals surface area (Å²) in [4.78, 5) is 15.1. The summed E-state index contributed by atoms with van der Waals surface area (Å²) >= 11 is 0. The number of benzene rings is 2. The zero-order valence-corrected chi connectivity index (χ0v) is 16.1. The van der Waals surface area contributed by atoms with Crippen molar-refractivity contribution in [3.63, 3.8) is 0 Å². The van der Waals surface area contributed by atoms with E-state index in [0.717, 1.165) is 54.1 Å². The first-order valence-corrected chi connectivity index (χ1v) is 9.56. The number of halogens is 1. The first-order valence-electron chi connectivity index (χ1n) is 9.56. The standard InChI is InChI=1S/C22H23FN4O/c1-3-26(2)18-7-4-6-16(14-18)24-22(28)21-19-8-5-9-20(19)27(25-21)17-12-10-15(23)11-13-17/h4,6-7,10-14H,3,5,8-9H2,1-2H3,(H,24,28). The van der Waals surface area contributed by atoms with Gasteiger partial charge in [-0.2, -0.15) is 5.10 Å². The lowest BCUT2D eigenvalue weighted by molar-refractivity contribution is 0.102. The highest BCUT2D eigenvalue weighted by molar-refractivity contribution is 6.04. The lowest BCUT2D eigenvalue weighted by Gasteiger charge is -2.17. The summed E-state index contributed by atoms with van der Waals surface area (Å²) in [6, 6.07) is 14.0. The summed E-state index contributed by atoms with van der Waals surface area (Å²) < 4.78 is 15.0. The van der Waals surface area contributed by atoms with Gasteiger partial charge in [0, 0.05) is 36.2 Å². The second-order valence-corrected chi connectivity index (χ2v) is 7.03. The molecular formula is C22H23FN4O. The molecule has 0 unspecified atom stereocenters. The minimum Gasteiger partial charge on any atom is -0.375 e. The Hall–Kier alpha value is -3.15. The number of nitrogens with zero attached hydrogens (tertiary/aromatic N) is 3. The smallest absolute Gasteiger partial charge is 0.276 e. The van der Waals surface area contributed by atoms with E-state index in [4.69, 9.17) is 0 Å². The fraction of sp³-hybridized carbons (Fsp3) is 0.273. The van der Waals surface area contributed by atoms with Crippen molar-refractivity contribution in [1.29, 1.82) is 0 Å². The number of rotatable bonds is 5. The number of amides is 1. The number of hydrogen-bond donors (Lipinski definition) is 1. The third kappa shape index (κ3) is 3.38. The minimum atomic E-state index is -0.289. The van der Waals surface area contributed by atoms with Gasteiger partial charge in [0.15, 0.2) is 5.69 Å². The normalized spacial score (nSPS) is 12.7. The van der Waals surface area contributed by atoms with Crippen LogP contribution in [0.5, 0.6) is 0 Å². The zero-order chi connectivity index (χ0) is 19.7. The lowest BCUT2D eigenvalue weighted by Crippen LogP contribution is -2.17. The van der Waals surface area contributed by atoms with Crippen molar-refractivity contribution in [2.45, 2.75) is 26.2 Å². The molecule has 1 aromatic heterocycles. The molecule has 1 aliphatic rings. The van der Waals surface area contributed by atoms with E-state index in [1.807, 2.05) is 31.3 Å². The first-order chi connectivity index (χ1) is 13.6. The van der Waals surface area contributed by atoms with Gasteiger partial charge in [-0.3, -0.25) is 4.79 Å². The molecule has 1 aliphatic carbocycles. The molecule has 28 heavy (non-hydrogen) atoms. The fourth-order valence-electron chi connectivity index (χ4n) is 3.61. The topological polar surface area (TPSA) is 50.2 Å². The summed E-state index contributed by atoms with van der Waals surface area (Å²) in [6.45, 7) is 2.96. The summed E-state index contributed by atoms with van der Waals surface area (Å²) in [5.41, 5.74) is 5.03. The van der Waals surface area contributed by atoms with E-state index in [2.05, 4.69) is 22.2 Å². The Morgan fingerprint density at radius 3 is 2.75 bits per heavy atom. The number of fused-ring (bicyclic) bond motifs is 1. The van der Waals surface area contributed by atoms with Crippen LogP contribution in [0.2, 0.25) is 0 Å². The molecule has 2 aromatic carbocycles. The average Bonchev–Trinajstić information content (AvgIpc) is 3.31. The highest BCUT2D eigenvalue weighted by Crippen LogP contribution is 2.29. The van der Waals surface area contributed by atoms with Crippen molar-refractivity contribution in [1.82, 2.24) is 9.78 Å². The second-order valence-electron chi connectivity index (χ2n) is 7.03. The number of carbonyl (C=O) groups is 1. The number of anilines is 2. The van der Waals surface area contributed by atoms with Crippen molar-refractivity contribution in [2.75, 3.05) is 23.8 Å². The largest absolute Gasteiger partial charge is 0.375 e. The Labute approximate surface area is 163 Å². The monoisotopic (exact) mass is 378 g/mol. The molecule has 5 nitrogen and oxygen atoms in total. The SMILES string of the molecule is CCN(C)c1cccc(NC(=O)c2nn(-c3ccc(F)cc3)c3c2CCC3)c1. The highest BCUT2D eigenvalue weighted by atomic mass is 19.1. The summed E-state index contributed by atoms with van der Waals surface area (Å²) in [5.74, 6) is -0.502. The molecule has 0 spiro atoms. The Morgan fingerprint density at radius 1 is 1.21 bits per heavy atom. The summed E-state index contributed by atoms with van der Waals surface area (Å²) in [6.07, 6.45) is 2.69. The molecule has 0 atom stereocenters. The van der Waals surface area contributed by atoms with Gasteiger partial charge in [0.25, 0.3) is 5.91 Å². The number of carbonyl (C=O) groups excluding carboxylic acids is 1. The van der Waals surface area contributed by atoms with Crippen molar-refractivity contribution < 1.29 is 9.18 Å². The molecule has 3 aromatic rings. The highest BCUT2D eigenvalue weighted by Gasteiger charge is 2.27. The molecule has 6 heteroatoms. The third-order valence-electron chi connectivity index (χ3n) is 5.24. The van der Waals surface area contributed by atoms with Crippen molar-refractivity contribution in [2.24, 2.45) is 0 Å². The predicted octanol–water partition coefficient (Wildman–Crippen LogP) is 4.21. The molecule has 144 valence electrons. The van der Waals surface area contributed by atoms with Gasteiger partial charge >= 0.3 is 0 Å². The number of hydrogen-bond acceptors (Lipinski definition) is 3. The molecule has 1 amide bonds. The van der Waals surface area contributed by atoms with Crippen LogP contribution in [-0.2, 0) is 12.8 Å². The Kier molecular flexibility index (Phi) is 4.86. The van der Waals surface area contributed by atoms with Crippen LogP contribution in [0, 0.1) is 5.82 Å². The van der Waals surface area contributed by atoms with Crippen molar-refractivity contribution in [3.8, 4) is 5.69 Å². The number of aromatic nitrogens is 2. The van der Waals surface area contributed by atoms with E-state index in [-0.39, 0.29) is 11.7 Å². The Balaban J connectivity index is 1.64. The van der Waals surface area contributed by atoms with E-state index in [9.17, 15) is 9.18 Å². The molecular weight excluding hydrogens is 355 g/mol. The first kappa shape index (κ1) is 18.2. The van der Waals surface area contributed by atoms with E-state index >= 15 is 0 Å². The van der Waals surface area contributed by atoms with Crippen molar-refractivity contribution in [3.05, 3.63) is 71.3 Å². The van der Waals surface area contributed by atoms with Gasteiger partial charge in [0.1, 0.15) is 5.82 Å². The van der Waals surface area contributed by atoms with Crippen LogP contribution in [0.15, 0.2) is 48.5 Å². The van der Waals surface area contributed by atoms with Crippen LogP contribution in [0.1, 0.15) is 35.1 Å². The number of nitrogens with one attached hydrogen (secondary N) is 1. The van der Waals surface area contributed by atoms with E-state index < -0.39 is 0 Å². The predicted molar refractivity (Wildman–Crippen MR) is 109 cm³/mol. The molecule has 1 N–H and O–H groups in total. The molecule has 4 rings (SSSR count). The van der Waals surface area contributed by atoms with Crippen LogP contribution in [-0.4, -0.2) is 29.3 Å². The van der Waals surface area contributed by atoms with Gasteiger partial charge in [0.2, 0.25) is 0 Å². The molecule has 0 saturated carbocycles. The van der Waals surface area contributed by atoms with Crippen LogP contribution in [0.3, 0.4) is 0 Å². The average molecular weight is 378 g/mol. The molecule has 0 bridgehead atoms. The summed E-state index contributed by atoms with van der Waals surface area (Å²) in [7, 11) is 2.01. The van der Waals surface area contributed by atoms with Gasteiger partial charge in [-0.05, 0) is 68.7 Å². The molecule has 0 aliphatic heterocycles. The van der Waals surface area contributed by atoms with Crippen LogP contribution < -0.4 is 10.2 Å². The quantitative estimate of drug-likeness (QED) is 0.724. The summed E-state index contributed by atoms with van der Waals surface area (Å²) in [5, 5.41) is 7.55. The third-order valence-corrected chi connectivity index (χ3v) is 5.24. The molecule has 1 heterocycles. The Bertz CT molecular complexity index is 1010. The fourth-order valence-corrected chi connectivity index (χ4v) is 3.61. The van der Waals surface area contributed by atoms with Gasteiger partial charge in [-0.15, -0.1) is 0 Å². The van der Waals surface area contributed by atoms with Gasteiger partial charge in [0.05, 0.1) is 5.69 Å². The lowest BCUT2D eigenvalue weighted by atomic mass is 10.2. The van der Waals surface area contributed by atoms with E-state index in [1.54, 1.807) is 16.8 Å². The molecule has 0 saturated heterocycles. The zero-order valence-electron chi connectivity index (χ0n) is 16.1. The van der Waals surface area contributed by atoms with Crippen molar-refractivity contribution >= 4 is 17.3 Å². The molecule has 0 radical (unpaired) electrons. The molecule has 0 fully saturated rings. The minimum absolute atomic E-state index is 0.213. The van der Waals surface area contributed by atoms with Gasteiger partial charge < -0.3 is 10.2 Å².